The summed E-state index contributed by atoms with van der Waals surface area (Å²) in [6.07, 6.45) is 1.22. The highest BCUT2D eigenvalue weighted by Crippen LogP contribution is 2.31. The Bertz CT molecular complexity index is 358. The van der Waals surface area contributed by atoms with Gasteiger partial charge in [-0.1, -0.05) is 34.5 Å². The molecular formula is C11H13BrClNS. The van der Waals surface area contributed by atoms with Gasteiger partial charge in [0.05, 0.1) is 10.7 Å². The monoisotopic (exact) mass is 305 g/mol. The van der Waals surface area contributed by atoms with E-state index < -0.39 is 0 Å². The number of nitrogens with one attached hydrogen (secondary N) is 1. The van der Waals surface area contributed by atoms with Gasteiger partial charge in [-0.3, -0.25) is 0 Å². The van der Waals surface area contributed by atoms with Gasteiger partial charge in [0.15, 0.2) is 0 Å². The molecule has 1 heterocycles. The molecule has 1 N–H and O–H groups in total. The molecule has 1 aromatic carbocycles. The fourth-order valence-electron chi connectivity index (χ4n) is 1.75. The zero-order valence-electron chi connectivity index (χ0n) is 8.47. The van der Waals surface area contributed by atoms with Crippen LogP contribution in [0.15, 0.2) is 22.7 Å². The van der Waals surface area contributed by atoms with Gasteiger partial charge in [-0.15, -0.1) is 0 Å². The fraction of sp³-hybridized carbons (Fsp3) is 0.455. The van der Waals surface area contributed by atoms with E-state index in [1.54, 1.807) is 0 Å². The highest BCUT2D eigenvalue weighted by molar-refractivity contribution is 9.10. The second kappa shape index (κ2) is 4.98. The molecule has 2 atom stereocenters. The molecule has 1 aliphatic heterocycles. The van der Waals surface area contributed by atoms with Gasteiger partial charge in [0.25, 0.3) is 0 Å². The van der Waals surface area contributed by atoms with E-state index in [0.717, 1.165) is 20.4 Å². The van der Waals surface area contributed by atoms with E-state index in [2.05, 4.69) is 28.2 Å². The first kappa shape index (κ1) is 11.6. The minimum Gasteiger partial charge on any atom is -0.380 e. The molecule has 4 heteroatoms. The first-order valence-corrected chi connectivity index (χ1v) is 7.20. The summed E-state index contributed by atoms with van der Waals surface area (Å²) < 4.78 is 1.06. The normalized spacial score (nSPS) is 25.5. The van der Waals surface area contributed by atoms with Crippen molar-refractivity contribution in [2.45, 2.75) is 24.6 Å². The molecule has 0 spiro atoms. The van der Waals surface area contributed by atoms with Gasteiger partial charge >= 0.3 is 0 Å². The van der Waals surface area contributed by atoms with Crippen molar-refractivity contribution in [3.05, 3.63) is 27.7 Å². The summed E-state index contributed by atoms with van der Waals surface area (Å²) in [4.78, 5) is 0. The molecule has 1 nitrogen and oxygen atoms in total. The molecule has 0 aromatic heterocycles. The Hall–Kier alpha value is 0.140. The molecule has 15 heavy (non-hydrogen) atoms. The van der Waals surface area contributed by atoms with E-state index in [4.69, 9.17) is 11.6 Å². The van der Waals surface area contributed by atoms with Gasteiger partial charge < -0.3 is 5.32 Å². The molecule has 0 saturated carbocycles. The van der Waals surface area contributed by atoms with E-state index in [1.807, 2.05) is 30.0 Å². The molecule has 82 valence electrons. The topological polar surface area (TPSA) is 12.0 Å². The zero-order chi connectivity index (χ0) is 10.8. The molecule has 1 saturated heterocycles. The summed E-state index contributed by atoms with van der Waals surface area (Å²) in [5.74, 6) is 1.17. The Morgan fingerprint density at radius 3 is 3.00 bits per heavy atom. The van der Waals surface area contributed by atoms with Gasteiger partial charge in [-0.25, -0.2) is 0 Å². The summed E-state index contributed by atoms with van der Waals surface area (Å²) in [5, 5.41) is 5.05. The predicted molar refractivity (Wildman–Crippen MR) is 73.1 cm³/mol. The Kier molecular flexibility index (Phi) is 3.86. The number of benzene rings is 1. The maximum Gasteiger partial charge on any atom is 0.0638 e. The predicted octanol–water partition coefficient (Wildman–Crippen LogP) is 4.41. The molecule has 0 radical (unpaired) electrons. The minimum absolute atomic E-state index is 0.553. The maximum absolute atomic E-state index is 6.12. The molecule has 1 fully saturated rings. The van der Waals surface area contributed by atoms with Crippen molar-refractivity contribution in [1.82, 2.24) is 0 Å². The molecule has 1 aromatic rings. The first-order chi connectivity index (χ1) is 7.15. The average molecular weight is 307 g/mol. The second-order valence-electron chi connectivity index (χ2n) is 3.85. The van der Waals surface area contributed by atoms with Gasteiger partial charge in [0.2, 0.25) is 0 Å². The van der Waals surface area contributed by atoms with Crippen LogP contribution in [0.2, 0.25) is 5.02 Å². The molecular weight excluding hydrogens is 294 g/mol. The highest BCUT2D eigenvalue weighted by atomic mass is 79.9. The lowest BCUT2D eigenvalue weighted by atomic mass is 10.2. The largest absolute Gasteiger partial charge is 0.380 e. The van der Waals surface area contributed by atoms with E-state index in [1.165, 1.54) is 12.2 Å². The van der Waals surface area contributed by atoms with Crippen LogP contribution in [0.1, 0.15) is 13.3 Å². The molecule has 1 aliphatic rings. The highest BCUT2D eigenvalue weighted by Gasteiger charge is 2.22. The summed E-state index contributed by atoms with van der Waals surface area (Å²) in [6, 6.07) is 6.46. The fourth-order valence-corrected chi connectivity index (χ4v) is 3.43. The van der Waals surface area contributed by atoms with Crippen molar-refractivity contribution in [3.63, 3.8) is 0 Å². The van der Waals surface area contributed by atoms with Crippen LogP contribution in [0.5, 0.6) is 0 Å². The first-order valence-electron chi connectivity index (χ1n) is 4.98. The SMILES string of the molecule is CC1CC(Nc2cc(Br)ccc2Cl)CS1. The smallest absolute Gasteiger partial charge is 0.0638 e. The third-order valence-corrected chi connectivity index (χ3v) is 4.67. The van der Waals surface area contributed by atoms with Crippen LogP contribution in [-0.2, 0) is 0 Å². The second-order valence-corrected chi connectivity index (χ2v) is 6.64. The van der Waals surface area contributed by atoms with Gasteiger partial charge in [0.1, 0.15) is 0 Å². The van der Waals surface area contributed by atoms with E-state index in [-0.39, 0.29) is 0 Å². The van der Waals surface area contributed by atoms with Crippen molar-refractivity contribution in [1.29, 1.82) is 0 Å². The van der Waals surface area contributed by atoms with Crippen LogP contribution in [0.4, 0.5) is 5.69 Å². The maximum atomic E-state index is 6.12. The van der Waals surface area contributed by atoms with Gasteiger partial charge in [-0.05, 0) is 24.6 Å². The standard InChI is InChI=1S/C11H13BrClNS/c1-7-4-9(6-15-7)14-11-5-8(12)2-3-10(11)13/h2-3,5,7,9,14H,4,6H2,1H3. The van der Waals surface area contributed by atoms with Gasteiger partial charge in [-0.2, -0.15) is 11.8 Å². The Morgan fingerprint density at radius 1 is 1.53 bits per heavy atom. The van der Waals surface area contributed by atoms with Crippen LogP contribution < -0.4 is 5.32 Å². The number of hydrogen-bond donors (Lipinski definition) is 1. The van der Waals surface area contributed by atoms with Crippen molar-refractivity contribution in [2.24, 2.45) is 0 Å². The minimum atomic E-state index is 0.553. The van der Waals surface area contributed by atoms with Crippen LogP contribution in [0, 0.1) is 0 Å². The lowest BCUT2D eigenvalue weighted by Crippen LogP contribution is -2.19. The molecule has 0 amide bonds. The Labute approximate surface area is 108 Å². The number of thioether (sulfide) groups is 1. The lowest BCUT2D eigenvalue weighted by Gasteiger charge is -2.14. The Balaban J connectivity index is 2.07. The molecule has 0 bridgehead atoms. The Morgan fingerprint density at radius 2 is 2.33 bits per heavy atom. The van der Waals surface area contributed by atoms with Crippen molar-refractivity contribution < 1.29 is 0 Å². The quantitative estimate of drug-likeness (QED) is 0.868. The van der Waals surface area contributed by atoms with Crippen LogP contribution >= 0.6 is 39.3 Å². The van der Waals surface area contributed by atoms with Crippen LogP contribution in [0.3, 0.4) is 0 Å². The van der Waals surface area contributed by atoms with Gasteiger partial charge in [0, 0.05) is 21.5 Å². The molecule has 0 aliphatic carbocycles. The number of hydrogen-bond acceptors (Lipinski definition) is 2. The summed E-state index contributed by atoms with van der Waals surface area (Å²) in [7, 11) is 0. The van der Waals surface area contributed by atoms with Crippen molar-refractivity contribution in [2.75, 3.05) is 11.1 Å². The number of rotatable bonds is 2. The molecule has 2 rings (SSSR count). The van der Waals surface area contributed by atoms with E-state index >= 15 is 0 Å². The average Bonchev–Trinajstić information content (AvgIpc) is 2.58. The summed E-state index contributed by atoms with van der Waals surface area (Å²) in [5.41, 5.74) is 1.03. The third-order valence-electron chi connectivity index (χ3n) is 2.49. The van der Waals surface area contributed by atoms with E-state index in [0.29, 0.717) is 6.04 Å². The van der Waals surface area contributed by atoms with Crippen LogP contribution in [-0.4, -0.2) is 17.0 Å². The summed E-state index contributed by atoms with van der Waals surface area (Å²) in [6.45, 7) is 2.27. The lowest BCUT2D eigenvalue weighted by molar-refractivity contribution is 0.747. The van der Waals surface area contributed by atoms with E-state index in [9.17, 15) is 0 Å². The van der Waals surface area contributed by atoms with Crippen molar-refractivity contribution in [3.8, 4) is 0 Å². The number of anilines is 1. The molecule has 2 unspecified atom stereocenters. The zero-order valence-corrected chi connectivity index (χ0v) is 11.6. The summed E-state index contributed by atoms with van der Waals surface area (Å²) >= 11 is 11.6. The number of halogens is 2. The third kappa shape index (κ3) is 3.05. The van der Waals surface area contributed by atoms with Crippen molar-refractivity contribution >= 4 is 45.0 Å². The van der Waals surface area contributed by atoms with Crippen LogP contribution in [0.25, 0.3) is 0 Å².